The lowest BCUT2D eigenvalue weighted by molar-refractivity contribution is 0.411. The lowest BCUT2D eigenvalue weighted by Gasteiger charge is -2.06. The maximum absolute atomic E-state index is 5.58. The first-order valence-corrected chi connectivity index (χ1v) is 6.37. The molecule has 0 spiro atoms. The van der Waals surface area contributed by atoms with Crippen LogP contribution in [0, 0.1) is 6.92 Å². The molecule has 1 aliphatic heterocycles. The molecule has 0 bridgehead atoms. The van der Waals surface area contributed by atoms with E-state index in [4.69, 9.17) is 5.73 Å². The van der Waals surface area contributed by atoms with Crippen molar-refractivity contribution in [2.75, 3.05) is 26.7 Å². The minimum absolute atomic E-state index is 0.658. The van der Waals surface area contributed by atoms with E-state index >= 15 is 0 Å². The first kappa shape index (κ1) is 11.0. The average molecular weight is 225 g/mol. The lowest BCUT2D eigenvalue weighted by Crippen LogP contribution is -2.13. The van der Waals surface area contributed by atoms with E-state index in [2.05, 4.69) is 23.9 Å². The molecule has 0 saturated carbocycles. The summed E-state index contributed by atoms with van der Waals surface area (Å²) >= 11 is 1.87. The minimum Gasteiger partial charge on any atom is -0.330 e. The van der Waals surface area contributed by atoms with Crippen LogP contribution in [0.15, 0.2) is 0 Å². The Morgan fingerprint density at radius 1 is 1.60 bits per heavy atom. The molecule has 1 aliphatic rings. The SMILES string of the molecule is Cc1nc(C2CCN(C)C2)sc1CCN. The largest absolute Gasteiger partial charge is 0.330 e. The highest BCUT2D eigenvalue weighted by Gasteiger charge is 2.24. The molecular weight excluding hydrogens is 206 g/mol. The summed E-state index contributed by atoms with van der Waals surface area (Å²) in [5.74, 6) is 0.658. The monoisotopic (exact) mass is 225 g/mol. The third-order valence-electron chi connectivity index (χ3n) is 3.02. The molecule has 1 unspecified atom stereocenters. The summed E-state index contributed by atoms with van der Waals surface area (Å²) in [6, 6.07) is 0. The summed E-state index contributed by atoms with van der Waals surface area (Å²) < 4.78 is 0. The first-order chi connectivity index (χ1) is 7.20. The number of hydrogen-bond donors (Lipinski definition) is 1. The van der Waals surface area contributed by atoms with Gasteiger partial charge in [0.15, 0.2) is 0 Å². The maximum Gasteiger partial charge on any atom is 0.0975 e. The van der Waals surface area contributed by atoms with Gasteiger partial charge in [0, 0.05) is 17.3 Å². The Bertz CT molecular complexity index is 335. The fourth-order valence-electron chi connectivity index (χ4n) is 2.12. The number of nitrogens with zero attached hydrogens (tertiary/aromatic N) is 2. The number of aryl methyl sites for hydroxylation is 1. The van der Waals surface area contributed by atoms with Crippen molar-refractivity contribution >= 4 is 11.3 Å². The molecule has 2 N–H and O–H groups in total. The topological polar surface area (TPSA) is 42.2 Å². The van der Waals surface area contributed by atoms with Gasteiger partial charge < -0.3 is 10.6 Å². The van der Waals surface area contributed by atoms with Crippen LogP contribution in [0.3, 0.4) is 0 Å². The van der Waals surface area contributed by atoms with Crippen molar-refractivity contribution in [3.05, 3.63) is 15.6 Å². The van der Waals surface area contributed by atoms with Gasteiger partial charge in [0.2, 0.25) is 0 Å². The van der Waals surface area contributed by atoms with Gasteiger partial charge in [-0.25, -0.2) is 4.98 Å². The van der Waals surface area contributed by atoms with Gasteiger partial charge in [-0.1, -0.05) is 0 Å². The zero-order valence-electron chi connectivity index (χ0n) is 9.49. The molecule has 2 heterocycles. The molecule has 4 heteroatoms. The molecule has 1 atom stereocenters. The van der Waals surface area contributed by atoms with E-state index in [1.54, 1.807) is 0 Å². The van der Waals surface area contributed by atoms with E-state index in [9.17, 15) is 0 Å². The summed E-state index contributed by atoms with van der Waals surface area (Å²) in [7, 11) is 2.18. The summed E-state index contributed by atoms with van der Waals surface area (Å²) in [5.41, 5.74) is 6.77. The second-order valence-corrected chi connectivity index (χ2v) is 5.46. The summed E-state index contributed by atoms with van der Waals surface area (Å²) in [6.45, 7) is 5.20. The second-order valence-electron chi connectivity index (χ2n) is 4.35. The minimum atomic E-state index is 0.658. The van der Waals surface area contributed by atoms with Gasteiger partial charge >= 0.3 is 0 Å². The van der Waals surface area contributed by atoms with Crippen LogP contribution in [-0.4, -0.2) is 36.6 Å². The molecule has 1 aromatic heterocycles. The smallest absolute Gasteiger partial charge is 0.0975 e. The molecule has 1 saturated heterocycles. The average Bonchev–Trinajstić information content (AvgIpc) is 2.75. The highest BCUT2D eigenvalue weighted by molar-refractivity contribution is 7.11. The number of nitrogens with two attached hydrogens (primary N) is 1. The quantitative estimate of drug-likeness (QED) is 0.845. The van der Waals surface area contributed by atoms with E-state index < -0.39 is 0 Å². The van der Waals surface area contributed by atoms with E-state index in [-0.39, 0.29) is 0 Å². The van der Waals surface area contributed by atoms with Crippen LogP contribution in [0.5, 0.6) is 0 Å². The molecule has 84 valence electrons. The molecule has 1 aromatic rings. The van der Waals surface area contributed by atoms with Gasteiger partial charge in [0.25, 0.3) is 0 Å². The zero-order chi connectivity index (χ0) is 10.8. The molecule has 0 aliphatic carbocycles. The van der Waals surface area contributed by atoms with Crippen molar-refractivity contribution in [1.29, 1.82) is 0 Å². The van der Waals surface area contributed by atoms with Crippen LogP contribution < -0.4 is 5.73 Å². The van der Waals surface area contributed by atoms with Crippen LogP contribution in [0.1, 0.15) is 27.9 Å². The zero-order valence-corrected chi connectivity index (χ0v) is 10.3. The second kappa shape index (κ2) is 4.60. The Morgan fingerprint density at radius 3 is 3.00 bits per heavy atom. The predicted molar refractivity (Wildman–Crippen MR) is 64.5 cm³/mol. The number of rotatable bonds is 3. The molecule has 2 rings (SSSR count). The van der Waals surface area contributed by atoms with Gasteiger partial charge in [0.1, 0.15) is 0 Å². The molecule has 15 heavy (non-hydrogen) atoms. The Kier molecular flexibility index (Phi) is 3.38. The van der Waals surface area contributed by atoms with E-state index in [1.165, 1.54) is 28.5 Å². The van der Waals surface area contributed by atoms with Crippen molar-refractivity contribution in [2.24, 2.45) is 5.73 Å². The molecular formula is C11H19N3S. The van der Waals surface area contributed by atoms with Crippen molar-refractivity contribution in [3.8, 4) is 0 Å². The maximum atomic E-state index is 5.58. The summed E-state index contributed by atoms with van der Waals surface area (Å²) in [4.78, 5) is 8.44. The van der Waals surface area contributed by atoms with Crippen LogP contribution in [0.2, 0.25) is 0 Å². The molecule has 1 fully saturated rings. The van der Waals surface area contributed by atoms with Crippen molar-refractivity contribution in [1.82, 2.24) is 9.88 Å². The summed E-state index contributed by atoms with van der Waals surface area (Å²) in [5, 5.41) is 1.32. The number of hydrogen-bond acceptors (Lipinski definition) is 4. The Balaban J connectivity index is 2.12. The van der Waals surface area contributed by atoms with Crippen LogP contribution >= 0.6 is 11.3 Å². The number of aromatic nitrogens is 1. The lowest BCUT2D eigenvalue weighted by atomic mass is 10.1. The Labute approximate surface area is 95.3 Å². The van der Waals surface area contributed by atoms with Crippen molar-refractivity contribution in [2.45, 2.75) is 25.7 Å². The van der Waals surface area contributed by atoms with Crippen molar-refractivity contribution in [3.63, 3.8) is 0 Å². The summed E-state index contributed by atoms with van der Waals surface area (Å²) in [6.07, 6.45) is 2.23. The van der Waals surface area contributed by atoms with Crippen molar-refractivity contribution < 1.29 is 0 Å². The molecule has 0 radical (unpaired) electrons. The fourth-order valence-corrected chi connectivity index (χ4v) is 3.33. The molecule has 0 amide bonds. The predicted octanol–water partition coefficient (Wildman–Crippen LogP) is 1.37. The third kappa shape index (κ3) is 2.38. The van der Waals surface area contributed by atoms with Gasteiger partial charge in [-0.2, -0.15) is 0 Å². The molecule has 3 nitrogen and oxygen atoms in total. The standard InChI is InChI=1S/C11H19N3S/c1-8-10(3-5-12)15-11(13-8)9-4-6-14(2)7-9/h9H,3-7,12H2,1-2H3. The normalized spacial score (nSPS) is 22.5. The van der Waals surface area contributed by atoms with Crippen LogP contribution in [-0.2, 0) is 6.42 Å². The van der Waals surface area contributed by atoms with E-state index in [0.717, 1.165) is 19.5 Å². The van der Waals surface area contributed by atoms with Crippen LogP contribution in [0.4, 0.5) is 0 Å². The fraction of sp³-hybridized carbons (Fsp3) is 0.727. The Morgan fingerprint density at radius 2 is 2.40 bits per heavy atom. The van der Waals surface area contributed by atoms with Gasteiger partial charge in [-0.3, -0.25) is 0 Å². The number of likely N-dealkylation sites (N-methyl/N-ethyl adjacent to an activating group) is 1. The highest BCUT2D eigenvalue weighted by atomic mass is 32.1. The van der Waals surface area contributed by atoms with E-state index in [1.807, 2.05) is 11.3 Å². The van der Waals surface area contributed by atoms with E-state index in [0.29, 0.717) is 5.92 Å². The van der Waals surface area contributed by atoms with Gasteiger partial charge in [-0.15, -0.1) is 11.3 Å². The Hall–Kier alpha value is -0.450. The third-order valence-corrected chi connectivity index (χ3v) is 4.40. The van der Waals surface area contributed by atoms with Gasteiger partial charge in [0.05, 0.1) is 10.7 Å². The first-order valence-electron chi connectivity index (χ1n) is 5.55. The van der Waals surface area contributed by atoms with Crippen LogP contribution in [0.25, 0.3) is 0 Å². The number of likely N-dealkylation sites (tertiary alicyclic amines) is 1. The highest BCUT2D eigenvalue weighted by Crippen LogP contribution is 2.31. The van der Waals surface area contributed by atoms with Gasteiger partial charge in [-0.05, 0) is 39.9 Å². The number of thiazole rings is 1. The molecule has 0 aromatic carbocycles.